The molecule has 0 spiro atoms. The second-order valence-electron chi connectivity index (χ2n) is 4.37. The largest absolute Gasteiger partial charge is 0.316 e. The Morgan fingerprint density at radius 1 is 1.40 bits per heavy atom. The van der Waals surface area contributed by atoms with Crippen molar-refractivity contribution in [2.24, 2.45) is 5.92 Å². The van der Waals surface area contributed by atoms with Crippen LogP contribution in [0.4, 0.5) is 0 Å². The zero-order chi connectivity index (χ0) is 10.7. The molecule has 82 valence electrons. The van der Waals surface area contributed by atoms with E-state index in [9.17, 15) is 0 Å². The second kappa shape index (κ2) is 5.13. The summed E-state index contributed by atoms with van der Waals surface area (Å²) in [6, 6.07) is 8.76. The summed E-state index contributed by atoms with van der Waals surface area (Å²) in [5, 5.41) is 3.51. The van der Waals surface area contributed by atoms with Crippen LogP contribution in [0.15, 0.2) is 28.7 Å². The molecule has 1 aliphatic rings. The second-order valence-corrected chi connectivity index (χ2v) is 5.28. The Morgan fingerprint density at radius 3 is 3.00 bits per heavy atom. The van der Waals surface area contributed by atoms with Crippen molar-refractivity contribution in [2.45, 2.75) is 25.7 Å². The first-order valence-electron chi connectivity index (χ1n) is 5.77. The third-order valence-electron chi connectivity index (χ3n) is 3.28. The summed E-state index contributed by atoms with van der Waals surface area (Å²) < 4.78 is 1.20. The Kier molecular flexibility index (Phi) is 3.81. The van der Waals surface area contributed by atoms with Gasteiger partial charge in [-0.3, -0.25) is 0 Å². The van der Waals surface area contributed by atoms with Gasteiger partial charge in [0.2, 0.25) is 0 Å². The van der Waals surface area contributed by atoms with Gasteiger partial charge in [-0.1, -0.05) is 41.4 Å². The minimum absolute atomic E-state index is 0.711. The maximum Gasteiger partial charge on any atom is 0.0178 e. The molecule has 2 unspecified atom stereocenters. The van der Waals surface area contributed by atoms with Crippen molar-refractivity contribution < 1.29 is 0 Å². The van der Waals surface area contributed by atoms with E-state index in [2.05, 4.69) is 52.4 Å². The molecule has 1 aromatic rings. The SMILES string of the molecule is CCCC1CNCC1c1cccc(Br)c1. The summed E-state index contributed by atoms with van der Waals surface area (Å²) in [5.74, 6) is 1.53. The van der Waals surface area contributed by atoms with E-state index in [0.717, 1.165) is 12.5 Å². The van der Waals surface area contributed by atoms with E-state index in [0.29, 0.717) is 5.92 Å². The third-order valence-corrected chi connectivity index (χ3v) is 3.77. The van der Waals surface area contributed by atoms with Gasteiger partial charge >= 0.3 is 0 Å². The standard InChI is InChI=1S/C13H18BrN/c1-2-4-11-8-15-9-13(11)10-5-3-6-12(14)7-10/h3,5-7,11,13,15H,2,4,8-9H2,1H3. The number of halogens is 1. The van der Waals surface area contributed by atoms with E-state index in [1.54, 1.807) is 0 Å². The molecule has 0 saturated carbocycles. The molecule has 1 heterocycles. The van der Waals surface area contributed by atoms with Crippen molar-refractivity contribution in [2.75, 3.05) is 13.1 Å². The maximum atomic E-state index is 3.55. The number of nitrogens with one attached hydrogen (secondary N) is 1. The fourth-order valence-electron chi connectivity index (χ4n) is 2.53. The minimum atomic E-state index is 0.711. The van der Waals surface area contributed by atoms with Gasteiger partial charge < -0.3 is 5.32 Å². The Balaban J connectivity index is 2.15. The van der Waals surface area contributed by atoms with Crippen molar-refractivity contribution >= 4 is 15.9 Å². The monoisotopic (exact) mass is 267 g/mol. The Hall–Kier alpha value is -0.340. The molecule has 1 aliphatic heterocycles. The van der Waals surface area contributed by atoms with Gasteiger partial charge in [0.15, 0.2) is 0 Å². The molecule has 0 aliphatic carbocycles. The average Bonchev–Trinajstić information content (AvgIpc) is 2.66. The third kappa shape index (κ3) is 2.61. The molecular weight excluding hydrogens is 250 g/mol. The van der Waals surface area contributed by atoms with E-state index in [4.69, 9.17) is 0 Å². The maximum absolute atomic E-state index is 3.55. The van der Waals surface area contributed by atoms with Gasteiger partial charge in [0.25, 0.3) is 0 Å². The highest BCUT2D eigenvalue weighted by molar-refractivity contribution is 9.10. The molecule has 15 heavy (non-hydrogen) atoms. The summed E-state index contributed by atoms with van der Waals surface area (Å²) in [6.07, 6.45) is 2.63. The summed E-state index contributed by atoms with van der Waals surface area (Å²) in [4.78, 5) is 0. The van der Waals surface area contributed by atoms with Gasteiger partial charge in [0.1, 0.15) is 0 Å². The van der Waals surface area contributed by atoms with Crippen molar-refractivity contribution in [3.8, 4) is 0 Å². The van der Waals surface area contributed by atoms with Gasteiger partial charge in [0, 0.05) is 16.9 Å². The predicted molar refractivity (Wildman–Crippen MR) is 68.2 cm³/mol. The van der Waals surface area contributed by atoms with Gasteiger partial charge in [0.05, 0.1) is 0 Å². The lowest BCUT2D eigenvalue weighted by molar-refractivity contribution is 0.473. The molecule has 0 amide bonds. The molecule has 2 atom stereocenters. The summed E-state index contributed by atoms with van der Waals surface area (Å²) in [7, 11) is 0. The van der Waals surface area contributed by atoms with Gasteiger partial charge in [-0.25, -0.2) is 0 Å². The Morgan fingerprint density at radius 2 is 2.27 bits per heavy atom. The fourth-order valence-corrected chi connectivity index (χ4v) is 2.95. The Bertz CT molecular complexity index is 324. The highest BCUT2D eigenvalue weighted by Gasteiger charge is 2.27. The zero-order valence-electron chi connectivity index (χ0n) is 9.17. The first-order valence-corrected chi connectivity index (χ1v) is 6.56. The normalized spacial score (nSPS) is 25.7. The van der Waals surface area contributed by atoms with Crippen LogP contribution in [0, 0.1) is 5.92 Å². The quantitative estimate of drug-likeness (QED) is 0.884. The van der Waals surface area contributed by atoms with Crippen LogP contribution >= 0.6 is 15.9 Å². The lowest BCUT2D eigenvalue weighted by Crippen LogP contribution is -2.10. The van der Waals surface area contributed by atoms with Gasteiger partial charge in [-0.15, -0.1) is 0 Å². The average molecular weight is 268 g/mol. The molecule has 1 nitrogen and oxygen atoms in total. The van der Waals surface area contributed by atoms with Gasteiger partial charge in [-0.05, 0) is 36.6 Å². The molecule has 2 rings (SSSR count). The molecule has 0 aromatic heterocycles. The van der Waals surface area contributed by atoms with Crippen molar-refractivity contribution in [3.05, 3.63) is 34.3 Å². The van der Waals surface area contributed by atoms with Crippen LogP contribution in [0.2, 0.25) is 0 Å². The number of hydrogen-bond acceptors (Lipinski definition) is 1. The smallest absolute Gasteiger partial charge is 0.0178 e. The van der Waals surface area contributed by atoms with Crippen LogP contribution < -0.4 is 5.32 Å². The van der Waals surface area contributed by atoms with E-state index < -0.39 is 0 Å². The summed E-state index contributed by atoms with van der Waals surface area (Å²) in [6.45, 7) is 4.60. The highest BCUT2D eigenvalue weighted by Crippen LogP contribution is 2.32. The van der Waals surface area contributed by atoms with E-state index in [-0.39, 0.29) is 0 Å². The fraction of sp³-hybridized carbons (Fsp3) is 0.538. The predicted octanol–water partition coefficient (Wildman–Crippen LogP) is 3.55. The molecule has 1 aromatic carbocycles. The summed E-state index contributed by atoms with van der Waals surface area (Å²) in [5.41, 5.74) is 1.48. The van der Waals surface area contributed by atoms with Crippen molar-refractivity contribution in [3.63, 3.8) is 0 Å². The molecule has 0 radical (unpaired) electrons. The van der Waals surface area contributed by atoms with Gasteiger partial charge in [-0.2, -0.15) is 0 Å². The molecule has 1 fully saturated rings. The Labute approximate surface area is 100 Å². The molecule has 0 bridgehead atoms. The van der Waals surface area contributed by atoms with E-state index in [1.807, 2.05) is 0 Å². The number of rotatable bonds is 3. The van der Waals surface area contributed by atoms with E-state index in [1.165, 1.54) is 29.4 Å². The van der Waals surface area contributed by atoms with Crippen molar-refractivity contribution in [1.29, 1.82) is 0 Å². The van der Waals surface area contributed by atoms with Crippen molar-refractivity contribution in [1.82, 2.24) is 5.32 Å². The number of hydrogen-bond donors (Lipinski definition) is 1. The minimum Gasteiger partial charge on any atom is -0.316 e. The molecule has 1 saturated heterocycles. The number of benzene rings is 1. The lowest BCUT2D eigenvalue weighted by Gasteiger charge is -2.18. The van der Waals surface area contributed by atoms with Crippen LogP contribution in [0.1, 0.15) is 31.2 Å². The lowest BCUT2D eigenvalue weighted by atomic mass is 9.86. The molecule has 2 heteroatoms. The van der Waals surface area contributed by atoms with Crippen LogP contribution in [-0.4, -0.2) is 13.1 Å². The first-order chi connectivity index (χ1) is 7.31. The molecule has 1 N–H and O–H groups in total. The zero-order valence-corrected chi connectivity index (χ0v) is 10.8. The first kappa shape index (κ1) is 11.2. The van der Waals surface area contributed by atoms with Crippen LogP contribution in [-0.2, 0) is 0 Å². The van der Waals surface area contributed by atoms with Crippen LogP contribution in [0.5, 0.6) is 0 Å². The molecular formula is C13H18BrN. The topological polar surface area (TPSA) is 12.0 Å². The summed E-state index contributed by atoms with van der Waals surface area (Å²) >= 11 is 3.55. The highest BCUT2D eigenvalue weighted by atomic mass is 79.9. The van der Waals surface area contributed by atoms with E-state index >= 15 is 0 Å². The van der Waals surface area contributed by atoms with Crippen LogP contribution in [0.3, 0.4) is 0 Å². The van der Waals surface area contributed by atoms with Crippen LogP contribution in [0.25, 0.3) is 0 Å².